The van der Waals surface area contributed by atoms with E-state index in [-0.39, 0.29) is 24.0 Å². The first-order valence-electron chi connectivity index (χ1n) is 9.05. The van der Waals surface area contributed by atoms with E-state index in [0.29, 0.717) is 24.2 Å². The zero-order chi connectivity index (χ0) is 19.7. The second-order valence-corrected chi connectivity index (χ2v) is 7.24. The first-order valence-corrected chi connectivity index (χ1v) is 9.05. The Balaban J connectivity index is 2.62. The van der Waals surface area contributed by atoms with Gasteiger partial charge in [0.15, 0.2) is 6.61 Å². The SMILES string of the molecule is CCCN(CCC)C(=O)COC(=O)c1ccc(C(=O)NC(C)(C)C)cc1. The maximum absolute atomic E-state index is 12.1. The van der Waals surface area contributed by atoms with Gasteiger partial charge in [0.1, 0.15) is 0 Å². The van der Waals surface area contributed by atoms with E-state index in [1.165, 1.54) is 12.1 Å². The maximum atomic E-state index is 12.1. The number of nitrogens with one attached hydrogen (secondary N) is 1. The molecule has 0 heterocycles. The third-order valence-corrected chi connectivity index (χ3v) is 3.54. The lowest BCUT2D eigenvalue weighted by molar-refractivity contribution is -0.134. The number of hydrogen-bond donors (Lipinski definition) is 1. The van der Waals surface area contributed by atoms with Crippen LogP contribution >= 0.6 is 0 Å². The number of rotatable bonds is 8. The molecule has 0 spiro atoms. The molecule has 1 aromatic rings. The highest BCUT2D eigenvalue weighted by molar-refractivity contribution is 5.96. The molecule has 0 bridgehead atoms. The van der Waals surface area contributed by atoms with Gasteiger partial charge in [-0.05, 0) is 57.9 Å². The number of nitrogens with zero attached hydrogens (tertiary/aromatic N) is 1. The topological polar surface area (TPSA) is 75.7 Å². The van der Waals surface area contributed by atoms with Crippen LogP contribution in [0.15, 0.2) is 24.3 Å². The van der Waals surface area contributed by atoms with Crippen LogP contribution in [-0.2, 0) is 9.53 Å². The quantitative estimate of drug-likeness (QED) is 0.721. The molecular weight excluding hydrogens is 332 g/mol. The van der Waals surface area contributed by atoms with Gasteiger partial charge in [-0.3, -0.25) is 9.59 Å². The average molecular weight is 362 g/mol. The lowest BCUT2D eigenvalue weighted by atomic mass is 10.1. The summed E-state index contributed by atoms with van der Waals surface area (Å²) in [6.07, 6.45) is 1.72. The summed E-state index contributed by atoms with van der Waals surface area (Å²) in [6.45, 7) is 10.7. The molecule has 0 fully saturated rings. The Morgan fingerprint density at radius 2 is 1.46 bits per heavy atom. The highest BCUT2D eigenvalue weighted by Gasteiger charge is 2.17. The Hall–Kier alpha value is -2.37. The Bertz CT molecular complexity index is 612. The van der Waals surface area contributed by atoms with E-state index in [1.807, 2.05) is 34.6 Å². The summed E-state index contributed by atoms with van der Waals surface area (Å²) in [7, 11) is 0. The van der Waals surface area contributed by atoms with Gasteiger partial charge in [0.25, 0.3) is 11.8 Å². The van der Waals surface area contributed by atoms with Crippen molar-refractivity contribution in [2.45, 2.75) is 53.0 Å². The van der Waals surface area contributed by atoms with E-state index in [0.717, 1.165) is 12.8 Å². The van der Waals surface area contributed by atoms with Crippen molar-refractivity contribution in [3.8, 4) is 0 Å². The van der Waals surface area contributed by atoms with E-state index >= 15 is 0 Å². The molecule has 1 rings (SSSR count). The third kappa shape index (κ3) is 7.25. The normalized spacial score (nSPS) is 11.0. The van der Waals surface area contributed by atoms with Crippen LogP contribution in [0.3, 0.4) is 0 Å². The minimum Gasteiger partial charge on any atom is -0.452 e. The molecule has 0 aliphatic rings. The average Bonchev–Trinajstić information content (AvgIpc) is 2.57. The summed E-state index contributed by atoms with van der Waals surface area (Å²) < 4.78 is 5.11. The molecule has 6 nitrogen and oxygen atoms in total. The van der Waals surface area contributed by atoms with Crippen LogP contribution < -0.4 is 5.32 Å². The van der Waals surface area contributed by atoms with Gasteiger partial charge in [0.2, 0.25) is 0 Å². The second-order valence-electron chi connectivity index (χ2n) is 7.24. The van der Waals surface area contributed by atoms with Gasteiger partial charge in [0.05, 0.1) is 5.56 Å². The molecule has 0 aliphatic carbocycles. The van der Waals surface area contributed by atoms with Crippen molar-refractivity contribution < 1.29 is 19.1 Å². The van der Waals surface area contributed by atoms with Gasteiger partial charge >= 0.3 is 5.97 Å². The van der Waals surface area contributed by atoms with Gasteiger partial charge in [-0.15, -0.1) is 0 Å². The molecule has 0 saturated carbocycles. The van der Waals surface area contributed by atoms with Gasteiger partial charge in [-0.2, -0.15) is 0 Å². The highest BCUT2D eigenvalue weighted by atomic mass is 16.5. The number of esters is 1. The summed E-state index contributed by atoms with van der Waals surface area (Å²) in [6, 6.07) is 6.19. The maximum Gasteiger partial charge on any atom is 0.338 e. The summed E-state index contributed by atoms with van der Waals surface area (Å²) in [5, 5.41) is 2.86. The third-order valence-electron chi connectivity index (χ3n) is 3.54. The van der Waals surface area contributed by atoms with Crippen LogP contribution in [0.25, 0.3) is 0 Å². The molecule has 0 unspecified atom stereocenters. The summed E-state index contributed by atoms with van der Waals surface area (Å²) in [5.74, 6) is -0.973. The Kier molecular flexibility index (Phi) is 8.29. The van der Waals surface area contributed by atoms with Crippen LogP contribution in [0.4, 0.5) is 0 Å². The van der Waals surface area contributed by atoms with Crippen molar-refractivity contribution >= 4 is 17.8 Å². The lowest BCUT2D eigenvalue weighted by Crippen LogP contribution is -2.40. The first-order chi connectivity index (χ1) is 12.2. The number of carbonyl (C=O) groups is 3. The summed E-state index contributed by atoms with van der Waals surface area (Å²) >= 11 is 0. The molecule has 0 aliphatic heterocycles. The molecule has 26 heavy (non-hydrogen) atoms. The standard InChI is InChI=1S/C20H30N2O4/c1-6-12-22(13-7-2)17(23)14-26-19(25)16-10-8-15(9-11-16)18(24)21-20(3,4)5/h8-11H,6-7,12-14H2,1-5H3,(H,21,24). The Labute approximate surface area is 155 Å². The van der Waals surface area contributed by atoms with Gasteiger partial charge in [-0.1, -0.05) is 13.8 Å². The van der Waals surface area contributed by atoms with Crippen LogP contribution in [-0.4, -0.2) is 47.9 Å². The Morgan fingerprint density at radius 3 is 1.92 bits per heavy atom. The van der Waals surface area contributed by atoms with Gasteiger partial charge in [0, 0.05) is 24.2 Å². The van der Waals surface area contributed by atoms with Crippen LogP contribution in [0.5, 0.6) is 0 Å². The number of ether oxygens (including phenoxy) is 1. The molecular formula is C20H30N2O4. The molecule has 6 heteroatoms. The second kappa shape index (κ2) is 9.94. The minimum absolute atomic E-state index is 0.191. The molecule has 1 aromatic carbocycles. The highest BCUT2D eigenvalue weighted by Crippen LogP contribution is 2.09. The number of hydrogen-bond acceptors (Lipinski definition) is 4. The van der Waals surface area contributed by atoms with E-state index < -0.39 is 5.97 Å². The van der Waals surface area contributed by atoms with E-state index in [2.05, 4.69) is 5.32 Å². The number of benzene rings is 1. The largest absolute Gasteiger partial charge is 0.452 e. The molecule has 0 atom stereocenters. The number of carbonyl (C=O) groups excluding carboxylic acids is 3. The van der Waals surface area contributed by atoms with Crippen molar-refractivity contribution in [1.82, 2.24) is 10.2 Å². The smallest absolute Gasteiger partial charge is 0.338 e. The fourth-order valence-electron chi connectivity index (χ4n) is 2.37. The van der Waals surface area contributed by atoms with Crippen molar-refractivity contribution in [2.24, 2.45) is 0 Å². The van der Waals surface area contributed by atoms with Crippen molar-refractivity contribution in [3.05, 3.63) is 35.4 Å². The molecule has 0 radical (unpaired) electrons. The number of amides is 2. The van der Waals surface area contributed by atoms with Crippen LogP contribution in [0.1, 0.15) is 68.2 Å². The van der Waals surface area contributed by atoms with E-state index in [4.69, 9.17) is 4.74 Å². The fourth-order valence-corrected chi connectivity index (χ4v) is 2.37. The molecule has 144 valence electrons. The van der Waals surface area contributed by atoms with Crippen LogP contribution in [0, 0.1) is 0 Å². The predicted molar refractivity (Wildman–Crippen MR) is 101 cm³/mol. The Morgan fingerprint density at radius 1 is 0.962 bits per heavy atom. The first kappa shape index (κ1) is 21.7. The molecule has 1 N–H and O–H groups in total. The molecule has 0 aromatic heterocycles. The zero-order valence-electron chi connectivity index (χ0n) is 16.4. The fraction of sp³-hybridized carbons (Fsp3) is 0.550. The van der Waals surface area contributed by atoms with Crippen molar-refractivity contribution in [1.29, 1.82) is 0 Å². The van der Waals surface area contributed by atoms with Crippen molar-refractivity contribution in [3.63, 3.8) is 0 Å². The van der Waals surface area contributed by atoms with Crippen molar-refractivity contribution in [2.75, 3.05) is 19.7 Å². The van der Waals surface area contributed by atoms with Crippen LogP contribution in [0.2, 0.25) is 0 Å². The lowest BCUT2D eigenvalue weighted by Gasteiger charge is -2.21. The van der Waals surface area contributed by atoms with Gasteiger partial charge < -0.3 is 15.0 Å². The molecule has 0 saturated heterocycles. The summed E-state index contributed by atoms with van der Waals surface area (Å²) in [5.41, 5.74) is 0.435. The predicted octanol–water partition coefficient (Wildman–Crippen LogP) is 3.02. The summed E-state index contributed by atoms with van der Waals surface area (Å²) in [4.78, 5) is 38.0. The van der Waals surface area contributed by atoms with E-state index in [1.54, 1.807) is 17.0 Å². The monoisotopic (exact) mass is 362 g/mol. The molecule has 2 amide bonds. The minimum atomic E-state index is -0.575. The van der Waals surface area contributed by atoms with Gasteiger partial charge in [-0.25, -0.2) is 4.79 Å². The van der Waals surface area contributed by atoms with E-state index in [9.17, 15) is 14.4 Å². The zero-order valence-corrected chi connectivity index (χ0v) is 16.4.